The van der Waals surface area contributed by atoms with E-state index in [1.807, 2.05) is 33.8 Å². The van der Waals surface area contributed by atoms with Gasteiger partial charge in [0.25, 0.3) is 5.91 Å². The lowest BCUT2D eigenvalue weighted by atomic mass is 9.87. The summed E-state index contributed by atoms with van der Waals surface area (Å²) in [6.07, 6.45) is 4.84. The highest BCUT2D eigenvalue weighted by molar-refractivity contribution is 5.99. The number of halogens is 2. The molecule has 0 saturated carbocycles. The van der Waals surface area contributed by atoms with Crippen molar-refractivity contribution in [1.29, 1.82) is 0 Å². The van der Waals surface area contributed by atoms with Gasteiger partial charge in [-0.2, -0.15) is 0 Å². The number of amides is 1. The van der Waals surface area contributed by atoms with Gasteiger partial charge in [-0.25, -0.2) is 13.8 Å². The average molecular weight is 451 g/mol. The van der Waals surface area contributed by atoms with Gasteiger partial charge in [-0.05, 0) is 49.1 Å². The molecule has 0 saturated heterocycles. The molecule has 0 bridgehead atoms. The second kappa shape index (κ2) is 8.54. The lowest BCUT2D eigenvalue weighted by molar-refractivity contribution is 0.0787. The summed E-state index contributed by atoms with van der Waals surface area (Å²) in [5.74, 6) is -0.577. The maximum atomic E-state index is 15.1. The summed E-state index contributed by atoms with van der Waals surface area (Å²) in [5, 5.41) is 3.17. The maximum Gasteiger partial charge on any atom is 0.254 e. The Bertz CT molecular complexity index is 1220. The molecule has 1 aliphatic rings. The highest BCUT2D eigenvalue weighted by Crippen LogP contribution is 2.33. The minimum atomic E-state index is -0.558. The van der Waals surface area contributed by atoms with Crippen molar-refractivity contribution in [2.24, 2.45) is 0 Å². The number of benzene rings is 1. The molecule has 172 valence electrons. The number of nitrogens with zero attached hydrogens (tertiary/aromatic N) is 3. The molecule has 5 nitrogen and oxygen atoms in total. The van der Waals surface area contributed by atoms with Crippen molar-refractivity contribution in [2.45, 2.75) is 52.6 Å². The van der Waals surface area contributed by atoms with Gasteiger partial charge < -0.3 is 10.2 Å². The average Bonchev–Trinajstić information content (AvgIpc) is 3.11. The van der Waals surface area contributed by atoms with Crippen LogP contribution in [-0.2, 0) is 12.0 Å². The van der Waals surface area contributed by atoms with Crippen LogP contribution in [0.1, 0.15) is 67.7 Å². The molecule has 0 radical (unpaired) electrons. The van der Waals surface area contributed by atoms with Gasteiger partial charge in [0.1, 0.15) is 17.5 Å². The molecule has 1 unspecified atom stereocenters. The van der Waals surface area contributed by atoms with Crippen molar-refractivity contribution in [1.82, 2.24) is 14.9 Å². The van der Waals surface area contributed by atoms with Crippen LogP contribution in [0.5, 0.6) is 0 Å². The van der Waals surface area contributed by atoms with Crippen LogP contribution in [0.3, 0.4) is 0 Å². The molecule has 1 N–H and O–H groups in total. The van der Waals surface area contributed by atoms with Crippen LogP contribution in [0.25, 0.3) is 11.1 Å². The number of hydrogen-bond acceptors (Lipinski definition) is 4. The summed E-state index contributed by atoms with van der Waals surface area (Å²) < 4.78 is 30.3. The van der Waals surface area contributed by atoms with Crippen LogP contribution < -0.4 is 5.32 Å². The highest BCUT2D eigenvalue weighted by Gasteiger charge is 2.29. The molecule has 0 spiro atoms. The van der Waals surface area contributed by atoms with Crippen LogP contribution in [-0.4, -0.2) is 27.3 Å². The van der Waals surface area contributed by atoms with E-state index >= 15 is 8.78 Å². The summed E-state index contributed by atoms with van der Waals surface area (Å²) >= 11 is 0. The third-order valence-corrected chi connectivity index (χ3v) is 6.13. The molecule has 1 aromatic carbocycles. The van der Waals surface area contributed by atoms with E-state index < -0.39 is 17.7 Å². The predicted octanol–water partition coefficient (Wildman–Crippen LogP) is 5.87. The number of fused-ring (bicyclic) bond motifs is 1. The Balaban J connectivity index is 1.64. The molecule has 4 rings (SSSR count). The number of carbonyl (C=O) groups excluding carboxylic acids is 1. The number of hydrogen-bond donors (Lipinski definition) is 1. The van der Waals surface area contributed by atoms with Crippen LogP contribution >= 0.6 is 0 Å². The third kappa shape index (κ3) is 4.32. The monoisotopic (exact) mass is 450 g/mol. The first-order chi connectivity index (χ1) is 15.6. The number of carbonyl (C=O) groups is 1. The van der Waals surface area contributed by atoms with E-state index in [1.54, 1.807) is 36.5 Å². The Kier molecular flexibility index (Phi) is 5.91. The minimum Gasteiger partial charge on any atom is -0.363 e. The molecule has 3 heterocycles. The van der Waals surface area contributed by atoms with Crippen LogP contribution in [0.4, 0.5) is 14.6 Å². The maximum absolute atomic E-state index is 15.1. The molecule has 2 aromatic heterocycles. The molecule has 1 atom stereocenters. The Morgan fingerprint density at radius 2 is 1.88 bits per heavy atom. The second-order valence-electron chi connectivity index (χ2n) is 9.44. The Morgan fingerprint density at radius 3 is 2.58 bits per heavy atom. The summed E-state index contributed by atoms with van der Waals surface area (Å²) in [5.41, 5.74) is 3.05. The van der Waals surface area contributed by atoms with E-state index in [9.17, 15) is 4.79 Å². The van der Waals surface area contributed by atoms with E-state index in [0.717, 1.165) is 11.1 Å². The summed E-state index contributed by atoms with van der Waals surface area (Å²) in [6.45, 7) is 10.8. The van der Waals surface area contributed by atoms with Crippen molar-refractivity contribution >= 4 is 11.7 Å². The minimum absolute atomic E-state index is 0.0433. The molecule has 1 aliphatic heterocycles. The van der Waals surface area contributed by atoms with Gasteiger partial charge in [-0.1, -0.05) is 20.8 Å². The molecule has 0 fully saturated rings. The zero-order chi connectivity index (χ0) is 23.9. The quantitative estimate of drug-likeness (QED) is 0.528. The van der Waals surface area contributed by atoms with E-state index in [1.165, 1.54) is 12.1 Å². The fraction of sp³-hybridized carbons (Fsp3) is 0.346. The lowest BCUT2D eigenvalue weighted by Crippen LogP contribution is -2.22. The SMILES string of the molecule is CCN1Cc2c(ccnc2NC(C)c2cc(F)c(-c3cncc(C(C)(C)C)c3)cc2F)C1=O. The van der Waals surface area contributed by atoms with Gasteiger partial charge in [0, 0.05) is 53.0 Å². The first-order valence-electron chi connectivity index (χ1n) is 11.1. The van der Waals surface area contributed by atoms with Gasteiger partial charge in [-0.3, -0.25) is 9.78 Å². The molecule has 3 aromatic rings. The summed E-state index contributed by atoms with van der Waals surface area (Å²) in [7, 11) is 0. The standard InChI is InChI=1S/C26H28F2N4O/c1-6-32-14-21-18(25(32)33)7-8-30-24(21)31-15(2)19-10-23(28)20(11-22(19)27)16-9-17(13-29-12-16)26(3,4)5/h7-13,15H,6,14H2,1-5H3,(H,30,31). The first kappa shape index (κ1) is 22.8. The Hall–Kier alpha value is -3.35. The largest absolute Gasteiger partial charge is 0.363 e. The molecule has 33 heavy (non-hydrogen) atoms. The topological polar surface area (TPSA) is 58.1 Å². The third-order valence-electron chi connectivity index (χ3n) is 6.13. The van der Waals surface area contributed by atoms with Gasteiger partial charge in [-0.15, -0.1) is 0 Å². The number of pyridine rings is 2. The highest BCUT2D eigenvalue weighted by atomic mass is 19.1. The van der Waals surface area contributed by atoms with Gasteiger partial charge in [0.15, 0.2) is 0 Å². The zero-order valence-electron chi connectivity index (χ0n) is 19.5. The number of rotatable bonds is 5. The summed E-state index contributed by atoms with van der Waals surface area (Å²) in [4.78, 5) is 22.7. The lowest BCUT2D eigenvalue weighted by Gasteiger charge is -2.20. The van der Waals surface area contributed by atoms with Crippen LogP contribution in [0, 0.1) is 11.6 Å². The van der Waals surface area contributed by atoms with Crippen molar-refractivity contribution < 1.29 is 13.6 Å². The van der Waals surface area contributed by atoms with Crippen LogP contribution in [0.2, 0.25) is 0 Å². The number of nitrogens with one attached hydrogen (secondary N) is 1. The fourth-order valence-electron chi connectivity index (χ4n) is 4.06. The second-order valence-corrected chi connectivity index (χ2v) is 9.44. The number of anilines is 1. The van der Waals surface area contributed by atoms with Crippen molar-refractivity contribution in [2.75, 3.05) is 11.9 Å². The van der Waals surface area contributed by atoms with E-state index in [4.69, 9.17) is 0 Å². The molecule has 7 heteroatoms. The molecular weight excluding hydrogens is 422 g/mol. The van der Waals surface area contributed by atoms with Gasteiger partial charge in [0.05, 0.1) is 12.6 Å². The van der Waals surface area contributed by atoms with Crippen molar-refractivity contribution in [3.05, 3.63) is 76.7 Å². The molecule has 0 aliphatic carbocycles. The van der Waals surface area contributed by atoms with Crippen molar-refractivity contribution in [3.8, 4) is 11.1 Å². The van der Waals surface area contributed by atoms with Gasteiger partial charge in [0.2, 0.25) is 0 Å². The predicted molar refractivity (Wildman–Crippen MR) is 125 cm³/mol. The molecular formula is C26H28F2N4O. The van der Waals surface area contributed by atoms with E-state index in [2.05, 4.69) is 15.3 Å². The Morgan fingerprint density at radius 1 is 1.12 bits per heavy atom. The van der Waals surface area contributed by atoms with Crippen LogP contribution in [0.15, 0.2) is 42.9 Å². The fourth-order valence-corrected chi connectivity index (χ4v) is 4.06. The summed E-state index contributed by atoms with van der Waals surface area (Å²) in [6, 6.07) is 5.42. The zero-order valence-corrected chi connectivity index (χ0v) is 19.5. The van der Waals surface area contributed by atoms with E-state index in [-0.39, 0.29) is 22.4 Å². The van der Waals surface area contributed by atoms with E-state index in [0.29, 0.717) is 30.0 Å². The first-order valence-corrected chi connectivity index (χ1v) is 11.1. The van der Waals surface area contributed by atoms with Crippen molar-refractivity contribution in [3.63, 3.8) is 0 Å². The molecule has 1 amide bonds. The smallest absolute Gasteiger partial charge is 0.254 e. The van der Waals surface area contributed by atoms with Gasteiger partial charge >= 0.3 is 0 Å². The normalized spacial score (nSPS) is 14.4. The Labute approximate surface area is 192 Å². The number of aromatic nitrogens is 2.